The number of benzene rings is 2. The molecule has 0 aliphatic carbocycles. The number of ether oxygens (including phenoxy) is 1. The summed E-state index contributed by atoms with van der Waals surface area (Å²) in [4.78, 5) is 0. The van der Waals surface area contributed by atoms with Crippen LogP contribution in [0.25, 0.3) is 0 Å². The fourth-order valence-electron chi connectivity index (χ4n) is 3.19. The number of nitrogens with one attached hydrogen (secondary N) is 1. The lowest BCUT2D eigenvalue weighted by Gasteiger charge is -2.27. The zero-order chi connectivity index (χ0) is 17.3. The molecule has 1 aliphatic heterocycles. The molecule has 0 fully saturated rings. The van der Waals surface area contributed by atoms with E-state index in [-0.39, 0.29) is 17.5 Å². The van der Waals surface area contributed by atoms with Gasteiger partial charge in [0.2, 0.25) is 0 Å². The highest BCUT2D eigenvalue weighted by molar-refractivity contribution is 6.37. The monoisotopic (exact) mass is 367 g/mol. The molecular formula is C18H19Cl2NO3. The lowest BCUT2D eigenvalue weighted by atomic mass is 9.90. The van der Waals surface area contributed by atoms with E-state index in [2.05, 4.69) is 5.32 Å². The first-order valence-corrected chi connectivity index (χ1v) is 8.55. The molecule has 0 saturated carbocycles. The van der Waals surface area contributed by atoms with Crippen LogP contribution in [0.5, 0.6) is 17.2 Å². The minimum absolute atomic E-state index is 0.0666. The second kappa shape index (κ2) is 7.09. The lowest BCUT2D eigenvalue weighted by Crippen LogP contribution is -2.30. The smallest absolute Gasteiger partial charge is 0.157 e. The van der Waals surface area contributed by atoms with Gasteiger partial charge in [0.15, 0.2) is 17.2 Å². The van der Waals surface area contributed by atoms with Crippen LogP contribution in [0, 0.1) is 0 Å². The number of phenols is 2. The number of hydrogen-bond acceptors (Lipinski definition) is 4. The maximum atomic E-state index is 9.78. The van der Waals surface area contributed by atoms with E-state index in [1.54, 1.807) is 12.1 Å². The Bertz CT molecular complexity index is 741. The number of fused-ring (bicyclic) bond motifs is 1. The standard InChI is InChI=1S/C18H19Cl2NO3/c1-24-18-13(19)6-10(7-14(18)20)2-3-15-12-9-17(23)16(22)8-11(12)4-5-21-15/h6-9,15,21-23H,2-5H2,1H3/t15-/m0/s1. The van der Waals surface area contributed by atoms with Crippen molar-refractivity contribution in [2.45, 2.75) is 25.3 Å². The highest BCUT2D eigenvalue weighted by Crippen LogP contribution is 2.37. The van der Waals surface area contributed by atoms with Gasteiger partial charge in [-0.25, -0.2) is 0 Å². The third-order valence-corrected chi connectivity index (χ3v) is 4.94. The topological polar surface area (TPSA) is 61.7 Å². The number of rotatable bonds is 4. The number of phenolic OH excluding ortho intramolecular Hbond substituents is 2. The zero-order valence-corrected chi connectivity index (χ0v) is 14.8. The van der Waals surface area contributed by atoms with Crippen molar-refractivity contribution in [2.24, 2.45) is 0 Å². The third kappa shape index (κ3) is 3.41. The van der Waals surface area contributed by atoms with Crippen molar-refractivity contribution in [2.75, 3.05) is 13.7 Å². The van der Waals surface area contributed by atoms with Crippen LogP contribution >= 0.6 is 23.2 Å². The first-order chi connectivity index (χ1) is 11.5. The fraction of sp³-hybridized carbons (Fsp3) is 0.333. The van der Waals surface area contributed by atoms with Crippen molar-refractivity contribution < 1.29 is 14.9 Å². The molecule has 0 aromatic heterocycles. The van der Waals surface area contributed by atoms with Crippen molar-refractivity contribution in [3.63, 3.8) is 0 Å². The Kier molecular flexibility index (Phi) is 5.09. The van der Waals surface area contributed by atoms with E-state index in [0.717, 1.165) is 42.5 Å². The van der Waals surface area contributed by atoms with E-state index in [1.807, 2.05) is 12.1 Å². The molecule has 0 amide bonds. The van der Waals surface area contributed by atoms with Crippen molar-refractivity contribution >= 4 is 23.2 Å². The summed E-state index contributed by atoms with van der Waals surface area (Å²) < 4.78 is 5.17. The molecule has 3 N–H and O–H groups in total. The fourth-order valence-corrected chi connectivity index (χ4v) is 3.88. The first kappa shape index (κ1) is 17.2. The minimum Gasteiger partial charge on any atom is -0.504 e. The highest BCUT2D eigenvalue weighted by atomic mass is 35.5. The number of methoxy groups -OCH3 is 1. The molecule has 6 heteroatoms. The van der Waals surface area contributed by atoms with Gasteiger partial charge >= 0.3 is 0 Å². The average Bonchev–Trinajstić information content (AvgIpc) is 2.54. The number of aryl methyl sites for hydroxylation is 1. The molecule has 0 radical (unpaired) electrons. The Morgan fingerprint density at radius 3 is 2.46 bits per heavy atom. The molecule has 2 aromatic carbocycles. The number of halogens is 2. The molecule has 0 unspecified atom stereocenters. The van der Waals surface area contributed by atoms with Crippen LogP contribution in [0.2, 0.25) is 10.0 Å². The largest absolute Gasteiger partial charge is 0.504 e. The van der Waals surface area contributed by atoms with Crippen LogP contribution in [0.15, 0.2) is 24.3 Å². The Morgan fingerprint density at radius 1 is 1.12 bits per heavy atom. The predicted molar refractivity (Wildman–Crippen MR) is 95.6 cm³/mol. The van der Waals surface area contributed by atoms with Gasteiger partial charge in [0.1, 0.15) is 0 Å². The Hall–Kier alpha value is -1.62. The molecule has 2 aromatic rings. The van der Waals surface area contributed by atoms with E-state index < -0.39 is 0 Å². The van der Waals surface area contributed by atoms with Gasteiger partial charge in [0.25, 0.3) is 0 Å². The SMILES string of the molecule is COc1c(Cl)cc(CC[C@@H]2NCCc3cc(O)c(O)cc32)cc1Cl. The van der Waals surface area contributed by atoms with Gasteiger partial charge in [-0.1, -0.05) is 23.2 Å². The van der Waals surface area contributed by atoms with E-state index in [4.69, 9.17) is 27.9 Å². The van der Waals surface area contributed by atoms with Crippen molar-refractivity contribution in [1.29, 1.82) is 0 Å². The molecule has 4 nitrogen and oxygen atoms in total. The van der Waals surface area contributed by atoms with Crippen molar-refractivity contribution in [3.8, 4) is 17.2 Å². The normalized spacial score (nSPS) is 16.7. The number of aromatic hydroxyl groups is 2. The molecule has 128 valence electrons. The van der Waals surface area contributed by atoms with Crippen LogP contribution in [0.4, 0.5) is 0 Å². The van der Waals surface area contributed by atoms with Gasteiger partial charge in [0, 0.05) is 6.04 Å². The van der Waals surface area contributed by atoms with Crippen LogP contribution in [0.3, 0.4) is 0 Å². The summed E-state index contributed by atoms with van der Waals surface area (Å²) in [5.74, 6) is 0.338. The van der Waals surface area contributed by atoms with Crippen LogP contribution in [0.1, 0.15) is 29.2 Å². The van der Waals surface area contributed by atoms with Crippen LogP contribution in [-0.4, -0.2) is 23.9 Å². The second-order valence-corrected chi connectivity index (χ2v) is 6.74. The second-order valence-electron chi connectivity index (χ2n) is 5.93. The highest BCUT2D eigenvalue weighted by Gasteiger charge is 2.22. The molecule has 3 rings (SSSR count). The summed E-state index contributed by atoms with van der Waals surface area (Å²) in [6.45, 7) is 0.839. The van der Waals surface area contributed by atoms with Gasteiger partial charge in [0.05, 0.1) is 17.2 Å². The molecular weight excluding hydrogens is 349 g/mol. The predicted octanol–water partition coefficient (Wildman–Crippen LogP) is 4.23. The van der Waals surface area contributed by atoms with Gasteiger partial charge in [-0.2, -0.15) is 0 Å². The number of hydrogen-bond donors (Lipinski definition) is 3. The first-order valence-electron chi connectivity index (χ1n) is 7.79. The summed E-state index contributed by atoms with van der Waals surface area (Å²) in [5, 5.41) is 23.9. The molecule has 0 saturated heterocycles. The summed E-state index contributed by atoms with van der Waals surface area (Å²) in [6, 6.07) is 7.14. The average molecular weight is 368 g/mol. The summed E-state index contributed by atoms with van der Waals surface area (Å²) in [6.07, 6.45) is 2.44. The maximum Gasteiger partial charge on any atom is 0.157 e. The quantitative estimate of drug-likeness (QED) is 0.707. The lowest BCUT2D eigenvalue weighted by molar-refractivity contribution is 0.397. The maximum absolute atomic E-state index is 9.78. The van der Waals surface area contributed by atoms with E-state index in [1.165, 1.54) is 7.11 Å². The molecule has 1 atom stereocenters. The third-order valence-electron chi connectivity index (χ3n) is 4.38. The van der Waals surface area contributed by atoms with E-state index in [0.29, 0.717) is 15.8 Å². The van der Waals surface area contributed by atoms with Crippen molar-refractivity contribution in [3.05, 3.63) is 51.0 Å². The Morgan fingerprint density at radius 2 is 1.79 bits per heavy atom. The summed E-state index contributed by atoms with van der Waals surface area (Å²) >= 11 is 12.4. The van der Waals surface area contributed by atoms with Gasteiger partial charge in [-0.3, -0.25) is 0 Å². The van der Waals surface area contributed by atoms with Crippen LogP contribution in [-0.2, 0) is 12.8 Å². The van der Waals surface area contributed by atoms with E-state index >= 15 is 0 Å². The Labute approximate surface area is 151 Å². The Balaban J connectivity index is 1.78. The summed E-state index contributed by atoms with van der Waals surface area (Å²) in [5.41, 5.74) is 3.13. The summed E-state index contributed by atoms with van der Waals surface area (Å²) in [7, 11) is 1.54. The molecule has 24 heavy (non-hydrogen) atoms. The van der Waals surface area contributed by atoms with E-state index in [9.17, 15) is 10.2 Å². The molecule has 0 spiro atoms. The van der Waals surface area contributed by atoms with Gasteiger partial charge in [-0.15, -0.1) is 0 Å². The molecule has 0 bridgehead atoms. The van der Waals surface area contributed by atoms with Crippen LogP contribution < -0.4 is 10.1 Å². The van der Waals surface area contributed by atoms with Gasteiger partial charge < -0.3 is 20.3 Å². The zero-order valence-electron chi connectivity index (χ0n) is 13.3. The molecule has 1 aliphatic rings. The van der Waals surface area contributed by atoms with Gasteiger partial charge in [-0.05, 0) is 66.8 Å². The molecule has 1 heterocycles. The minimum atomic E-state index is -0.0852. The van der Waals surface area contributed by atoms with Crippen molar-refractivity contribution in [1.82, 2.24) is 5.32 Å².